The SMILES string of the molecule is COc1ccccc1NC(=O)[C@H](C)N(c1ccccc1)S(C)(=O)=O. The van der Waals surface area contributed by atoms with Crippen molar-refractivity contribution in [2.24, 2.45) is 0 Å². The standard InChI is InChI=1S/C17H20N2O4S/c1-13(17(20)18-15-11-7-8-12-16(15)23-2)19(24(3,21)22)14-9-5-4-6-10-14/h4-13H,1-3H3,(H,18,20)/t13-/m0/s1. The first-order chi connectivity index (χ1) is 11.3. The average Bonchev–Trinajstić information content (AvgIpc) is 2.55. The molecule has 1 amide bonds. The fourth-order valence-electron chi connectivity index (χ4n) is 2.37. The Bertz CT molecular complexity index is 806. The molecule has 128 valence electrons. The van der Waals surface area contributed by atoms with Crippen LogP contribution in [-0.4, -0.2) is 33.7 Å². The van der Waals surface area contributed by atoms with Crippen LogP contribution in [0.5, 0.6) is 5.75 Å². The lowest BCUT2D eigenvalue weighted by Gasteiger charge is -2.28. The van der Waals surface area contributed by atoms with E-state index in [1.165, 1.54) is 7.11 Å². The van der Waals surface area contributed by atoms with Crippen molar-refractivity contribution in [2.75, 3.05) is 23.0 Å². The highest BCUT2D eigenvalue weighted by atomic mass is 32.2. The second-order valence-corrected chi connectivity index (χ2v) is 7.12. The molecule has 1 atom stereocenters. The number of carbonyl (C=O) groups excluding carboxylic acids is 1. The van der Waals surface area contributed by atoms with Crippen LogP contribution >= 0.6 is 0 Å². The number of sulfonamides is 1. The molecular weight excluding hydrogens is 328 g/mol. The number of para-hydroxylation sites is 3. The van der Waals surface area contributed by atoms with Crippen LogP contribution in [0.1, 0.15) is 6.92 Å². The van der Waals surface area contributed by atoms with Gasteiger partial charge in [0.2, 0.25) is 15.9 Å². The highest BCUT2D eigenvalue weighted by Crippen LogP contribution is 2.25. The van der Waals surface area contributed by atoms with Crippen LogP contribution in [0.15, 0.2) is 54.6 Å². The third kappa shape index (κ3) is 4.05. The Morgan fingerprint density at radius 3 is 2.25 bits per heavy atom. The van der Waals surface area contributed by atoms with E-state index >= 15 is 0 Å². The van der Waals surface area contributed by atoms with Gasteiger partial charge in [-0.1, -0.05) is 30.3 Å². The molecule has 0 aromatic heterocycles. The van der Waals surface area contributed by atoms with E-state index in [9.17, 15) is 13.2 Å². The molecule has 2 aromatic rings. The lowest BCUT2D eigenvalue weighted by atomic mass is 10.2. The van der Waals surface area contributed by atoms with Gasteiger partial charge in [0.05, 0.1) is 24.7 Å². The van der Waals surface area contributed by atoms with Crippen molar-refractivity contribution < 1.29 is 17.9 Å². The van der Waals surface area contributed by atoms with Crippen molar-refractivity contribution in [3.63, 3.8) is 0 Å². The van der Waals surface area contributed by atoms with E-state index < -0.39 is 22.0 Å². The van der Waals surface area contributed by atoms with Crippen molar-refractivity contribution in [1.82, 2.24) is 0 Å². The van der Waals surface area contributed by atoms with Gasteiger partial charge in [0.1, 0.15) is 11.8 Å². The summed E-state index contributed by atoms with van der Waals surface area (Å²) >= 11 is 0. The maximum absolute atomic E-state index is 12.6. The minimum atomic E-state index is -3.63. The van der Waals surface area contributed by atoms with Gasteiger partial charge in [0.15, 0.2) is 0 Å². The lowest BCUT2D eigenvalue weighted by molar-refractivity contribution is -0.116. The summed E-state index contributed by atoms with van der Waals surface area (Å²) in [6, 6.07) is 14.5. The first-order valence-corrected chi connectivity index (χ1v) is 9.17. The van der Waals surface area contributed by atoms with Crippen LogP contribution in [-0.2, 0) is 14.8 Å². The van der Waals surface area contributed by atoms with Crippen LogP contribution in [0.2, 0.25) is 0 Å². The summed E-state index contributed by atoms with van der Waals surface area (Å²) in [5.41, 5.74) is 0.918. The average molecular weight is 348 g/mol. The van der Waals surface area contributed by atoms with Crippen molar-refractivity contribution >= 4 is 27.3 Å². The van der Waals surface area contributed by atoms with E-state index in [1.54, 1.807) is 61.5 Å². The molecule has 2 rings (SSSR count). The van der Waals surface area contributed by atoms with Crippen molar-refractivity contribution in [1.29, 1.82) is 0 Å². The summed E-state index contributed by atoms with van der Waals surface area (Å²) in [6.45, 7) is 1.54. The number of anilines is 2. The predicted octanol–water partition coefficient (Wildman–Crippen LogP) is 2.49. The summed E-state index contributed by atoms with van der Waals surface area (Å²) in [5.74, 6) is 0.0532. The Balaban J connectivity index is 2.30. The van der Waals surface area contributed by atoms with Crippen LogP contribution < -0.4 is 14.4 Å². The fraction of sp³-hybridized carbons (Fsp3) is 0.235. The molecule has 0 heterocycles. The molecule has 0 radical (unpaired) electrons. The highest BCUT2D eigenvalue weighted by Gasteiger charge is 2.29. The lowest BCUT2D eigenvalue weighted by Crippen LogP contribution is -2.45. The third-order valence-corrected chi connectivity index (χ3v) is 4.71. The topological polar surface area (TPSA) is 75.7 Å². The van der Waals surface area contributed by atoms with Gasteiger partial charge in [-0.05, 0) is 31.2 Å². The van der Waals surface area contributed by atoms with E-state index in [0.717, 1.165) is 10.6 Å². The monoisotopic (exact) mass is 348 g/mol. The minimum absolute atomic E-state index is 0.433. The molecule has 0 unspecified atom stereocenters. The molecule has 0 aliphatic carbocycles. The Morgan fingerprint density at radius 1 is 1.08 bits per heavy atom. The summed E-state index contributed by atoms with van der Waals surface area (Å²) in [4.78, 5) is 12.6. The van der Waals surface area contributed by atoms with Crippen LogP contribution in [0.25, 0.3) is 0 Å². The Hall–Kier alpha value is -2.54. The van der Waals surface area contributed by atoms with E-state index in [4.69, 9.17) is 4.74 Å². The number of ether oxygens (including phenoxy) is 1. The van der Waals surface area contributed by atoms with Crippen LogP contribution in [0.3, 0.4) is 0 Å². The number of benzene rings is 2. The molecule has 0 bridgehead atoms. The normalized spacial score (nSPS) is 12.3. The highest BCUT2D eigenvalue weighted by molar-refractivity contribution is 7.92. The molecule has 2 aromatic carbocycles. The maximum Gasteiger partial charge on any atom is 0.248 e. The summed E-state index contributed by atoms with van der Waals surface area (Å²) in [5, 5.41) is 2.71. The van der Waals surface area contributed by atoms with Crippen molar-refractivity contribution in [3.8, 4) is 5.75 Å². The summed E-state index contributed by atoms with van der Waals surface area (Å²) in [6.07, 6.45) is 1.08. The fourth-order valence-corrected chi connectivity index (χ4v) is 3.54. The first-order valence-electron chi connectivity index (χ1n) is 7.33. The van der Waals surface area contributed by atoms with Crippen molar-refractivity contribution in [2.45, 2.75) is 13.0 Å². The van der Waals surface area contributed by atoms with Gasteiger partial charge < -0.3 is 10.1 Å². The predicted molar refractivity (Wildman–Crippen MR) is 94.9 cm³/mol. The van der Waals surface area contributed by atoms with Crippen LogP contribution in [0.4, 0.5) is 11.4 Å². The molecule has 0 aliphatic rings. The van der Waals surface area contributed by atoms with Gasteiger partial charge in [-0.2, -0.15) is 0 Å². The zero-order valence-corrected chi connectivity index (χ0v) is 14.6. The maximum atomic E-state index is 12.6. The molecule has 0 saturated heterocycles. The smallest absolute Gasteiger partial charge is 0.248 e. The zero-order chi connectivity index (χ0) is 17.7. The molecule has 0 spiro atoms. The number of hydrogen-bond acceptors (Lipinski definition) is 4. The van der Waals surface area contributed by atoms with E-state index in [1.807, 2.05) is 0 Å². The number of hydrogen-bond donors (Lipinski definition) is 1. The van der Waals surface area contributed by atoms with Gasteiger partial charge >= 0.3 is 0 Å². The third-order valence-electron chi connectivity index (χ3n) is 3.46. The Morgan fingerprint density at radius 2 is 1.67 bits per heavy atom. The van der Waals surface area contributed by atoms with E-state index in [-0.39, 0.29) is 0 Å². The van der Waals surface area contributed by atoms with Gasteiger partial charge in [-0.15, -0.1) is 0 Å². The Kier molecular flexibility index (Phi) is 5.46. The number of carbonyl (C=O) groups is 1. The van der Waals surface area contributed by atoms with Gasteiger partial charge in [-0.25, -0.2) is 8.42 Å². The van der Waals surface area contributed by atoms with E-state index in [2.05, 4.69) is 5.32 Å². The number of nitrogens with one attached hydrogen (secondary N) is 1. The number of nitrogens with zero attached hydrogens (tertiary/aromatic N) is 1. The Labute approximate surface area is 142 Å². The van der Waals surface area contributed by atoms with Crippen LogP contribution in [0, 0.1) is 0 Å². The summed E-state index contributed by atoms with van der Waals surface area (Å²) in [7, 11) is -2.13. The molecule has 6 nitrogen and oxygen atoms in total. The minimum Gasteiger partial charge on any atom is -0.495 e. The summed E-state index contributed by atoms with van der Waals surface area (Å²) < 4.78 is 30.6. The second kappa shape index (κ2) is 7.35. The molecule has 0 fully saturated rings. The molecular formula is C17H20N2O4S. The van der Waals surface area contributed by atoms with E-state index in [0.29, 0.717) is 17.1 Å². The molecule has 0 saturated carbocycles. The number of rotatable bonds is 6. The van der Waals surface area contributed by atoms with Gasteiger partial charge in [0, 0.05) is 0 Å². The molecule has 24 heavy (non-hydrogen) atoms. The zero-order valence-electron chi connectivity index (χ0n) is 13.8. The second-order valence-electron chi connectivity index (χ2n) is 5.26. The number of amides is 1. The van der Waals surface area contributed by atoms with Gasteiger partial charge in [-0.3, -0.25) is 9.10 Å². The molecule has 0 aliphatic heterocycles. The quantitative estimate of drug-likeness (QED) is 0.870. The molecule has 7 heteroatoms. The first kappa shape index (κ1) is 17.8. The van der Waals surface area contributed by atoms with Crippen molar-refractivity contribution in [3.05, 3.63) is 54.6 Å². The van der Waals surface area contributed by atoms with Gasteiger partial charge in [0.25, 0.3) is 0 Å². The molecule has 1 N–H and O–H groups in total. The largest absolute Gasteiger partial charge is 0.495 e. The number of methoxy groups -OCH3 is 1.